The van der Waals surface area contributed by atoms with Crippen molar-refractivity contribution in [2.75, 3.05) is 5.73 Å². The summed E-state index contributed by atoms with van der Waals surface area (Å²) < 4.78 is 1.82. The maximum absolute atomic E-state index is 11.7. The van der Waals surface area contributed by atoms with E-state index in [0.29, 0.717) is 10.3 Å². The van der Waals surface area contributed by atoms with Gasteiger partial charge in [0.15, 0.2) is 0 Å². The van der Waals surface area contributed by atoms with E-state index < -0.39 is 5.91 Å². The monoisotopic (exact) mass is 289 g/mol. The van der Waals surface area contributed by atoms with Crippen molar-refractivity contribution in [1.82, 2.24) is 9.55 Å². The van der Waals surface area contributed by atoms with Crippen molar-refractivity contribution >= 4 is 11.7 Å². The largest absolute Gasteiger partial charge is 0.710 e. The highest BCUT2D eigenvalue weighted by molar-refractivity contribution is 5.94. The average Bonchev–Trinajstić information content (AvgIpc) is 2.41. The van der Waals surface area contributed by atoms with Gasteiger partial charge in [-0.3, -0.25) is 15.3 Å². The number of amides is 1. The van der Waals surface area contributed by atoms with E-state index in [1.807, 2.05) is 13.8 Å². The van der Waals surface area contributed by atoms with Gasteiger partial charge in [0.05, 0.1) is 0 Å². The lowest BCUT2D eigenvalue weighted by Gasteiger charge is -2.13. The van der Waals surface area contributed by atoms with Crippen LogP contribution in [0.5, 0.6) is 0 Å². The molecule has 4 N–H and O–H groups in total. The Morgan fingerprint density at radius 2 is 2.10 bits per heavy atom. The first kappa shape index (κ1) is 14.5. The number of pyridine rings is 1. The molecule has 0 spiro atoms. The summed E-state index contributed by atoms with van der Waals surface area (Å²) in [6.07, 6.45) is 2.70. The molecule has 2 heterocycles. The number of rotatable bonds is 3. The topological polar surface area (TPSA) is 131 Å². The zero-order chi connectivity index (χ0) is 15.7. The Balaban J connectivity index is 2.65. The van der Waals surface area contributed by atoms with Gasteiger partial charge in [-0.25, -0.2) is 9.71 Å². The van der Waals surface area contributed by atoms with Gasteiger partial charge in [-0.15, -0.1) is 0 Å². The smallest absolute Gasteiger partial charge is 0.307 e. The van der Waals surface area contributed by atoms with E-state index in [1.165, 1.54) is 16.7 Å². The number of carbonyl (C=O) groups is 1. The molecule has 0 aliphatic heterocycles. The van der Waals surface area contributed by atoms with E-state index in [0.717, 1.165) is 6.20 Å². The van der Waals surface area contributed by atoms with E-state index in [9.17, 15) is 14.8 Å². The molecule has 0 fully saturated rings. The maximum Gasteiger partial charge on any atom is 0.307 e. The van der Waals surface area contributed by atoms with Gasteiger partial charge < -0.3 is 15.5 Å². The van der Waals surface area contributed by atoms with Crippen LogP contribution in [0.3, 0.4) is 0 Å². The van der Waals surface area contributed by atoms with Crippen molar-refractivity contribution in [3.8, 4) is 11.3 Å². The molecule has 0 aliphatic rings. The van der Waals surface area contributed by atoms with Crippen LogP contribution in [0, 0.1) is 5.21 Å². The van der Waals surface area contributed by atoms with E-state index in [-0.39, 0.29) is 28.8 Å². The summed E-state index contributed by atoms with van der Waals surface area (Å²) in [6.45, 7) is 3.70. The predicted molar refractivity (Wildman–Crippen MR) is 76.2 cm³/mol. The molecule has 8 heteroatoms. The number of anilines is 1. The Kier molecular flexibility index (Phi) is 3.62. The van der Waals surface area contributed by atoms with Crippen molar-refractivity contribution < 1.29 is 9.52 Å². The predicted octanol–water partition coefficient (Wildman–Crippen LogP) is -0.194. The van der Waals surface area contributed by atoms with Gasteiger partial charge in [-0.05, 0) is 19.9 Å². The fourth-order valence-corrected chi connectivity index (χ4v) is 1.87. The summed E-state index contributed by atoms with van der Waals surface area (Å²) in [6, 6.07) is 2.83. The van der Waals surface area contributed by atoms with Crippen molar-refractivity contribution in [2.45, 2.75) is 19.9 Å². The summed E-state index contributed by atoms with van der Waals surface area (Å²) in [7, 11) is 0. The van der Waals surface area contributed by atoms with Crippen LogP contribution in [0.1, 0.15) is 30.4 Å². The number of primary amides is 1. The first-order valence-corrected chi connectivity index (χ1v) is 6.23. The standard InChI is InChI=1S/C13H15N5O3/c1-7(2)17-5-8(3-4-10(17)19)9-6-18(21)12(14)11(16-9)13(15)20/h3-7H,14H2,1-2H3,(H2,15,20). The number of hydrogen-bond donors (Lipinski definition) is 2. The minimum atomic E-state index is -0.892. The number of nitrogens with two attached hydrogens (primary N) is 2. The average molecular weight is 289 g/mol. The third-order valence-corrected chi connectivity index (χ3v) is 2.98. The van der Waals surface area contributed by atoms with E-state index in [2.05, 4.69) is 4.98 Å². The molecule has 1 amide bonds. The van der Waals surface area contributed by atoms with E-state index in [4.69, 9.17) is 11.5 Å². The van der Waals surface area contributed by atoms with Crippen molar-refractivity contribution in [2.24, 2.45) is 5.73 Å². The van der Waals surface area contributed by atoms with Crippen LogP contribution in [-0.4, -0.2) is 15.5 Å². The first-order valence-electron chi connectivity index (χ1n) is 6.23. The van der Waals surface area contributed by atoms with Crippen LogP contribution in [0.4, 0.5) is 5.82 Å². The van der Waals surface area contributed by atoms with Crippen LogP contribution >= 0.6 is 0 Å². The third-order valence-electron chi connectivity index (χ3n) is 2.98. The van der Waals surface area contributed by atoms with Crippen LogP contribution in [-0.2, 0) is 0 Å². The van der Waals surface area contributed by atoms with Gasteiger partial charge in [0.1, 0.15) is 11.9 Å². The Bertz CT molecular complexity index is 767. The minimum absolute atomic E-state index is 0.0544. The van der Waals surface area contributed by atoms with Gasteiger partial charge in [0.25, 0.3) is 11.5 Å². The zero-order valence-corrected chi connectivity index (χ0v) is 11.6. The molecular formula is C13H15N5O3. The summed E-state index contributed by atoms with van der Waals surface area (Å²) in [5.41, 5.74) is 10.9. The minimum Gasteiger partial charge on any atom is -0.710 e. The summed E-state index contributed by atoms with van der Waals surface area (Å²) in [4.78, 5) is 27.0. The van der Waals surface area contributed by atoms with Crippen molar-refractivity contribution in [3.05, 3.63) is 45.8 Å². The molecule has 0 atom stereocenters. The van der Waals surface area contributed by atoms with E-state index >= 15 is 0 Å². The number of aromatic nitrogens is 3. The number of carbonyl (C=O) groups excluding carboxylic acids is 1. The van der Waals surface area contributed by atoms with Gasteiger partial charge in [0, 0.05) is 23.9 Å². The second kappa shape index (κ2) is 5.23. The molecule has 0 unspecified atom stereocenters. The lowest BCUT2D eigenvalue weighted by molar-refractivity contribution is -0.589. The zero-order valence-electron chi connectivity index (χ0n) is 11.6. The Morgan fingerprint density at radius 1 is 1.43 bits per heavy atom. The van der Waals surface area contributed by atoms with Gasteiger partial charge in [-0.2, -0.15) is 0 Å². The second-order valence-corrected chi connectivity index (χ2v) is 4.81. The fourth-order valence-electron chi connectivity index (χ4n) is 1.87. The van der Waals surface area contributed by atoms with Crippen LogP contribution in [0.25, 0.3) is 11.3 Å². The molecule has 21 heavy (non-hydrogen) atoms. The van der Waals surface area contributed by atoms with Crippen molar-refractivity contribution in [3.63, 3.8) is 0 Å². The van der Waals surface area contributed by atoms with Crippen LogP contribution < -0.4 is 21.8 Å². The Labute approximate surface area is 120 Å². The lowest BCUT2D eigenvalue weighted by Crippen LogP contribution is -2.35. The van der Waals surface area contributed by atoms with Gasteiger partial charge in [0.2, 0.25) is 5.69 Å². The molecule has 2 rings (SSSR count). The SMILES string of the molecule is CC(C)n1cc(-c2c[n+]([O-])c(N)c(C(N)=O)n2)ccc1=O. The Morgan fingerprint density at radius 3 is 2.67 bits per heavy atom. The quantitative estimate of drug-likeness (QED) is 0.597. The number of nitrogen functional groups attached to an aromatic ring is 1. The molecule has 0 saturated carbocycles. The molecule has 2 aromatic rings. The fraction of sp³-hybridized carbons (Fsp3) is 0.231. The van der Waals surface area contributed by atoms with E-state index in [1.54, 1.807) is 6.20 Å². The first-order chi connectivity index (χ1) is 9.81. The number of hydrogen-bond acceptors (Lipinski definition) is 5. The summed E-state index contributed by atoms with van der Waals surface area (Å²) in [5, 5.41) is 11.7. The molecule has 0 radical (unpaired) electrons. The summed E-state index contributed by atoms with van der Waals surface area (Å²) in [5.74, 6) is -1.25. The Hall–Kier alpha value is -2.90. The summed E-state index contributed by atoms with van der Waals surface area (Å²) >= 11 is 0. The van der Waals surface area contributed by atoms with Crippen LogP contribution in [0.2, 0.25) is 0 Å². The normalized spacial score (nSPS) is 10.8. The number of nitrogens with zero attached hydrogens (tertiary/aromatic N) is 3. The molecule has 110 valence electrons. The van der Waals surface area contributed by atoms with Crippen molar-refractivity contribution in [1.29, 1.82) is 0 Å². The van der Waals surface area contributed by atoms with Gasteiger partial charge >= 0.3 is 5.82 Å². The molecule has 0 bridgehead atoms. The molecule has 0 aliphatic carbocycles. The highest BCUT2D eigenvalue weighted by atomic mass is 16.5. The molecule has 8 nitrogen and oxygen atoms in total. The highest BCUT2D eigenvalue weighted by Gasteiger charge is 2.18. The molecule has 0 aromatic carbocycles. The molecular weight excluding hydrogens is 274 g/mol. The van der Waals surface area contributed by atoms with Crippen LogP contribution in [0.15, 0.2) is 29.3 Å². The van der Waals surface area contributed by atoms with Gasteiger partial charge in [-0.1, -0.05) is 0 Å². The third kappa shape index (κ3) is 2.69. The molecule has 0 saturated heterocycles. The lowest BCUT2D eigenvalue weighted by atomic mass is 10.2. The molecule has 2 aromatic heterocycles. The second-order valence-electron chi connectivity index (χ2n) is 4.81. The highest BCUT2D eigenvalue weighted by Crippen LogP contribution is 2.17. The maximum atomic E-state index is 11.7.